The first-order valence-corrected chi connectivity index (χ1v) is 8.44. The Morgan fingerprint density at radius 1 is 1.30 bits per heavy atom. The van der Waals surface area contributed by atoms with Crippen LogP contribution in [0, 0.1) is 6.92 Å². The summed E-state index contributed by atoms with van der Waals surface area (Å²) >= 11 is 0. The van der Waals surface area contributed by atoms with E-state index >= 15 is 0 Å². The lowest BCUT2D eigenvalue weighted by Crippen LogP contribution is -2.27. The highest BCUT2D eigenvalue weighted by molar-refractivity contribution is 7.89. The zero-order valence-corrected chi connectivity index (χ0v) is 13.9. The maximum absolute atomic E-state index is 12.5. The number of rotatable bonds is 5. The van der Waals surface area contributed by atoms with Crippen molar-refractivity contribution in [2.45, 2.75) is 24.8 Å². The monoisotopic (exact) mass is 334 g/mol. The molecule has 1 atom stereocenters. The van der Waals surface area contributed by atoms with Crippen molar-refractivity contribution in [3.05, 3.63) is 59.4 Å². The lowest BCUT2D eigenvalue weighted by molar-refractivity contribution is 0.0600. The van der Waals surface area contributed by atoms with Crippen molar-refractivity contribution in [2.24, 2.45) is 0 Å². The van der Waals surface area contributed by atoms with Crippen LogP contribution < -0.4 is 4.72 Å². The first-order valence-electron chi connectivity index (χ1n) is 6.96. The molecule has 0 aliphatic heterocycles. The Morgan fingerprint density at radius 3 is 2.61 bits per heavy atom. The molecule has 1 aromatic heterocycles. The number of carbonyl (C=O) groups is 1. The highest BCUT2D eigenvalue weighted by Gasteiger charge is 2.21. The predicted molar refractivity (Wildman–Crippen MR) is 85.5 cm³/mol. The quantitative estimate of drug-likeness (QED) is 0.847. The SMILES string of the molecule is COC(=O)c1ccc(S(=O)(=O)N[C@H](C)c2cccnc2)c(C)c1. The fourth-order valence-corrected chi connectivity index (χ4v) is 3.65. The van der Waals surface area contributed by atoms with E-state index in [-0.39, 0.29) is 4.90 Å². The fraction of sp³-hybridized carbons (Fsp3) is 0.250. The van der Waals surface area contributed by atoms with Crippen LogP contribution in [-0.4, -0.2) is 26.5 Å². The Morgan fingerprint density at radius 2 is 2.04 bits per heavy atom. The molecule has 2 rings (SSSR count). The average molecular weight is 334 g/mol. The number of benzene rings is 1. The van der Waals surface area contributed by atoms with Gasteiger partial charge in [-0.25, -0.2) is 17.9 Å². The van der Waals surface area contributed by atoms with E-state index < -0.39 is 22.0 Å². The van der Waals surface area contributed by atoms with Gasteiger partial charge in [0, 0.05) is 18.4 Å². The van der Waals surface area contributed by atoms with Crippen LogP contribution in [0.15, 0.2) is 47.6 Å². The smallest absolute Gasteiger partial charge is 0.337 e. The van der Waals surface area contributed by atoms with Gasteiger partial charge in [0.05, 0.1) is 17.6 Å². The summed E-state index contributed by atoms with van der Waals surface area (Å²) in [6.07, 6.45) is 3.24. The lowest BCUT2D eigenvalue weighted by Gasteiger charge is -2.16. The summed E-state index contributed by atoms with van der Waals surface area (Å²) in [5, 5.41) is 0. The normalized spacial score (nSPS) is 12.7. The Bertz CT molecular complexity index is 804. The van der Waals surface area contributed by atoms with Gasteiger partial charge in [0.1, 0.15) is 0 Å². The molecular weight excluding hydrogens is 316 g/mol. The Hall–Kier alpha value is -2.25. The van der Waals surface area contributed by atoms with E-state index in [1.54, 1.807) is 38.4 Å². The summed E-state index contributed by atoms with van der Waals surface area (Å²) in [7, 11) is -2.44. The van der Waals surface area contributed by atoms with Crippen molar-refractivity contribution in [3.8, 4) is 0 Å². The molecule has 0 spiro atoms. The molecule has 1 heterocycles. The third-order valence-electron chi connectivity index (χ3n) is 3.40. The fourth-order valence-electron chi connectivity index (χ4n) is 2.19. The van der Waals surface area contributed by atoms with Crippen LogP contribution in [0.2, 0.25) is 0 Å². The zero-order valence-electron chi connectivity index (χ0n) is 13.1. The minimum absolute atomic E-state index is 0.126. The number of nitrogens with zero attached hydrogens (tertiary/aromatic N) is 1. The van der Waals surface area contributed by atoms with E-state index in [0.717, 1.165) is 5.56 Å². The molecule has 23 heavy (non-hydrogen) atoms. The van der Waals surface area contributed by atoms with E-state index in [2.05, 4.69) is 14.4 Å². The standard InChI is InChI=1S/C16H18N2O4S/c1-11-9-13(16(19)22-3)6-7-15(11)23(20,21)18-12(2)14-5-4-8-17-10-14/h4-10,12,18H,1-3H3/t12-/m1/s1. The minimum atomic E-state index is -3.72. The molecule has 1 aromatic carbocycles. The van der Waals surface area contributed by atoms with Crippen LogP contribution in [0.4, 0.5) is 0 Å². The Balaban J connectivity index is 2.28. The van der Waals surface area contributed by atoms with Gasteiger partial charge < -0.3 is 4.74 Å². The number of aromatic nitrogens is 1. The van der Waals surface area contributed by atoms with Crippen LogP contribution in [0.5, 0.6) is 0 Å². The second-order valence-corrected chi connectivity index (χ2v) is 6.78. The van der Waals surface area contributed by atoms with E-state index in [0.29, 0.717) is 11.1 Å². The molecule has 0 radical (unpaired) electrons. The van der Waals surface area contributed by atoms with Gasteiger partial charge in [0.25, 0.3) is 0 Å². The van der Waals surface area contributed by atoms with Gasteiger partial charge in [0.15, 0.2) is 0 Å². The van der Waals surface area contributed by atoms with Gasteiger partial charge in [-0.15, -0.1) is 0 Å². The number of carbonyl (C=O) groups excluding carboxylic acids is 1. The molecule has 0 saturated heterocycles. The molecule has 0 fully saturated rings. The summed E-state index contributed by atoms with van der Waals surface area (Å²) in [6.45, 7) is 3.38. The third kappa shape index (κ3) is 3.94. The van der Waals surface area contributed by atoms with Crippen molar-refractivity contribution in [1.82, 2.24) is 9.71 Å². The molecule has 0 bridgehead atoms. The van der Waals surface area contributed by atoms with Crippen LogP contribution in [-0.2, 0) is 14.8 Å². The molecule has 2 aromatic rings. The molecule has 0 aliphatic carbocycles. The van der Waals surface area contributed by atoms with Gasteiger partial charge >= 0.3 is 5.97 Å². The van der Waals surface area contributed by atoms with E-state index in [9.17, 15) is 13.2 Å². The molecule has 6 nitrogen and oxygen atoms in total. The van der Waals surface area contributed by atoms with Crippen molar-refractivity contribution < 1.29 is 17.9 Å². The van der Waals surface area contributed by atoms with E-state index in [1.807, 2.05) is 0 Å². The first kappa shape index (κ1) is 17.1. The molecule has 122 valence electrons. The molecule has 0 unspecified atom stereocenters. The van der Waals surface area contributed by atoms with Gasteiger partial charge in [-0.2, -0.15) is 0 Å². The predicted octanol–water partition coefficient (Wildman–Crippen LogP) is 2.22. The molecule has 0 amide bonds. The van der Waals surface area contributed by atoms with Gasteiger partial charge in [-0.3, -0.25) is 4.98 Å². The average Bonchev–Trinajstić information content (AvgIpc) is 2.54. The number of nitrogens with one attached hydrogen (secondary N) is 1. The maximum atomic E-state index is 12.5. The number of esters is 1. The second kappa shape index (κ2) is 6.89. The number of ether oxygens (including phenoxy) is 1. The Labute approximate surface area is 135 Å². The molecule has 1 N–H and O–H groups in total. The van der Waals surface area contributed by atoms with Crippen molar-refractivity contribution in [2.75, 3.05) is 7.11 Å². The van der Waals surface area contributed by atoms with Crippen molar-refractivity contribution in [3.63, 3.8) is 0 Å². The van der Waals surface area contributed by atoms with Gasteiger partial charge in [-0.1, -0.05) is 6.07 Å². The van der Waals surface area contributed by atoms with Gasteiger partial charge in [-0.05, 0) is 49.2 Å². The van der Waals surface area contributed by atoms with E-state index in [4.69, 9.17) is 0 Å². The van der Waals surface area contributed by atoms with Gasteiger partial charge in [0.2, 0.25) is 10.0 Å². The third-order valence-corrected chi connectivity index (χ3v) is 5.10. The number of hydrogen-bond donors (Lipinski definition) is 1. The number of sulfonamides is 1. The lowest BCUT2D eigenvalue weighted by atomic mass is 10.1. The largest absolute Gasteiger partial charge is 0.465 e. The number of aryl methyl sites for hydroxylation is 1. The van der Waals surface area contributed by atoms with Crippen molar-refractivity contribution >= 4 is 16.0 Å². The number of pyridine rings is 1. The van der Waals surface area contributed by atoms with E-state index in [1.165, 1.54) is 25.3 Å². The molecular formula is C16H18N2O4S. The van der Waals surface area contributed by atoms with Crippen LogP contribution in [0.25, 0.3) is 0 Å². The summed E-state index contributed by atoms with van der Waals surface area (Å²) in [4.78, 5) is 15.6. The zero-order chi connectivity index (χ0) is 17.0. The van der Waals surface area contributed by atoms with Crippen LogP contribution in [0.1, 0.15) is 34.5 Å². The summed E-state index contributed by atoms with van der Waals surface area (Å²) in [5.74, 6) is -0.506. The summed E-state index contributed by atoms with van der Waals surface area (Å²) in [5.41, 5.74) is 1.54. The highest BCUT2D eigenvalue weighted by Crippen LogP contribution is 2.20. The highest BCUT2D eigenvalue weighted by atomic mass is 32.2. The van der Waals surface area contributed by atoms with Crippen LogP contribution in [0.3, 0.4) is 0 Å². The summed E-state index contributed by atoms with van der Waals surface area (Å²) < 4.78 is 32.3. The molecule has 0 saturated carbocycles. The number of hydrogen-bond acceptors (Lipinski definition) is 5. The Kier molecular flexibility index (Phi) is 5.12. The van der Waals surface area contributed by atoms with Crippen molar-refractivity contribution in [1.29, 1.82) is 0 Å². The van der Waals surface area contributed by atoms with Crippen LogP contribution >= 0.6 is 0 Å². The second-order valence-electron chi connectivity index (χ2n) is 5.10. The molecule has 7 heteroatoms. The summed E-state index contributed by atoms with van der Waals surface area (Å²) in [6, 6.07) is 7.45. The minimum Gasteiger partial charge on any atom is -0.465 e. The maximum Gasteiger partial charge on any atom is 0.337 e. The topological polar surface area (TPSA) is 85.4 Å². The molecule has 0 aliphatic rings. The number of methoxy groups -OCH3 is 1. The first-order chi connectivity index (χ1) is 10.8.